The van der Waals surface area contributed by atoms with Gasteiger partial charge in [-0.1, -0.05) is 26.0 Å². The normalized spacial score (nSPS) is 21.8. The molecule has 1 unspecified atom stereocenters. The number of piperidine rings is 3. The minimum atomic E-state index is -1.08. The fourth-order valence-electron chi connectivity index (χ4n) is 7.28. The summed E-state index contributed by atoms with van der Waals surface area (Å²) in [5, 5.41) is 17.4. The van der Waals surface area contributed by atoms with Gasteiger partial charge in [0, 0.05) is 63.3 Å². The number of likely N-dealkylation sites (tertiary alicyclic amines) is 1. The van der Waals surface area contributed by atoms with Crippen molar-refractivity contribution in [2.45, 2.75) is 89.1 Å². The number of hydrogen-bond acceptors (Lipinski definition) is 10. The number of carbonyl (C=O) groups excluding carboxylic acids is 3. The number of aromatic nitrogens is 3. The van der Waals surface area contributed by atoms with E-state index in [1.165, 1.54) is 16.2 Å². The molecule has 2 aromatic heterocycles. The zero-order valence-electron chi connectivity index (χ0n) is 27.7. The molecular weight excluding hydrogens is 608 g/mol. The van der Waals surface area contributed by atoms with E-state index in [1.54, 1.807) is 12.1 Å². The number of hydrogen-bond donors (Lipinski definition) is 3. The highest BCUT2D eigenvalue weighted by molar-refractivity contribution is 6.05. The van der Waals surface area contributed by atoms with E-state index in [0.717, 1.165) is 51.1 Å². The topological polar surface area (TPSA) is 144 Å². The lowest BCUT2D eigenvalue weighted by molar-refractivity contribution is -0.136. The van der Waals surface area contributed by atoms with Crippen LogP contribution in [-0.2, 0) is 28.3 Å². The van der Waals surface area contributed by atoms with Crippen molar-refractivity contribution in [3.63, 3.8) is 0 Å². The third kappa shape index (κ3) is 6.64. The summed E-state index contributed by atoms with van der Waals surface area (Å²) in [6, 6.07) is 12.0. The van der Waals surface area contributed by atoms with Gasteiger partial charge in [0.15, 0.2) is 0 Å². The van der Waals surface area contributed by atoms with Gasteiger partial charge in [-0.3, -0.25) is 29.6 Å². The van der Waals surface area contributed by atoms with Crippen LogP contribution in [0, 0.1) is 0 Å². The van der Waals surface area contributed by atoms with E-state index in [0.29, 0.717) is 54.1 Å². The van der Waals surface area contributed by atoms with Crippen LogP contribution in [0.2, 0.25) is 0 Å². The van der Waals surface area contributed by atoms with Crippen LogP contribution in [0.4, 0.5) is 11.6 Å². The molecule has 4 aliphatic heterocycles. The van der Waals surface area contributed by atoms with Gasteiger partial charge in [-0.15, -0.1) is 0 Å². The van der Waals surface area contributed by atoms with Crippen molar-refractivity contribution in [1.82, 2.24) is 30.1 Å². The minimum absolute atomic E-state index is 0.198. The molecule has 6 heterocycles. The van der Waals surface area contributed by atoms with Crippen LogP contribution in [0.1, 0.15) is 91.2 Å². The number of nitrogens with zero attached hydrogens (tertiary/aromatic N) is 6. The molecule has 4 aliphatic rings. The van der Waals surface area contributed by atoms with Gasteiger partial charge in [0.1, 0.15) is 11.6 Å². The highest BCUT2D eigenvalue weighted by Gasteiger charge is 2.41. The summed E-state index contributed by atoms with van der Waals surface area (Å²) in [5.41, 5.74) is 4.14. The molecular formula is C36H44N8O4. The minimum Gasteiger partial charge on any atom is -0.383 e. The number of carbonyl (C=O) groups is 3. The van der Waals surface area contributed by atoms with Crippen LogP contribution in [0.25, 0.3) is 0 Å². The van der Waals surface area contributed by atoms with Crippen LogP contribution >= 0.6 is 0 Å². The quantitative estimate of drug-likeness (QED) is 0.310. The van der Waals surface area contributed by atoms with E-state index in [1.807, 2.05) is 12.4 Å². The van der Waals surface area contributed by atoms with Crippen LogP contribution < -0.4 is 15.5 Å². The molecule has 3 N–H and O–H groups in total. The Morgan fingerprint density at radius 3 is 2.33 bits per heavy atom. The number of benzene rings is 1. The molecule has 3 amide bonds. The maximum Gasteiger partial charge on any atom is 0.256 e. The van der Waals surface area contributed by atoms with Crippen LogP contribution in [0.3, 0.4) is 0 Å². The molecule has 7 rings (SSSR count). The number of imide groups is 1. The number of aliphatic hydroxyl groups is 1. The first-order valence-corrected chi connectivity index (χ1v) is 17.2. The summed E-state index contributed by atoms with van der Waals surface area (Å²) in [4.78, 5) is 57.0. The molecule has 0 aliphatic carbocycles. The third-order valence-electron chi connectivity index (χ3n) is 10.4. The van der Waals surface area contributed by atoms with E-state index in [-0.39, 0.29) is 24.8 Å². The predicted octanol–water partition coefficient (Wildman–Crippen LogP) is 3.32. The van der Waals surface area contributed by atoms with Crippen LogP contribution in [0.5, 0.6) is 0 Å². The Kier molecular flexibility index (Phi) is 8.86. The average Bonchev–Trinajstić information content (AvgIpc) is 3.42. The van der Waals surface area contributed by atoms with Gasteiger partial charge < -0.3 is 20.2 Å². The van der Waals surface area contributed by atoms with Crippen molar-refractivity contribution in [2.75, 3.05) is 36.4 Å². The Hall–Kier alpha value is -4.42. The average molecular weight is 653 g/mol. The number of rotatable bonds is 8. The van der Waals surface area contributed by atoms with E-state index < -0.39 is 17.6 Å². The maximum absolute atomic E-state index is 13.1. The first-order chi connectivity index (χ1) is 23.1. The molecule has 12 heteroatoms. The Balaban J connectivity index is 0.890. The molecule has 3 saturated heterocycles. The Bertz CT molecular complexity index is 1660. The van der Waals surface area contributed by atoms with Crippen molar-refractivity contribution in [3.05, 3.63) is 76.9 Å². The van der Waals surface area contributed by atoms with Crippen molar-refractivity contribution in [3.8, 4) is 0 Å². The summed E-state index contributed by atoms with van der Waals surface area (Å²) in [5.74, 6) is 0.113. The van der Waals surface area contributed by atoms with Crippen LogP contribution in [-0.4, -0.2) is 85.8 Å². The highest BCUT2D eigenvalue weighted by Crippen LogP contribution is 2.35. The van der Waals surface area contributed by atoms with Gasteiger partial charge in [-0.25, -0.2) is 9.97 Å². The van der Waals surface area contributed by atoms with E-state index in [9.17, 15) is 19.5 Å². The van der Waals surface area contributed by atoms with E-state index >= 15 is 0 Å². The lowest BCUT2D eigenvalue weighted by Gasteiger charge is -2.38. The zero-order chi connectivity index (χ0) is 33.4. The van der Waals surface area contributed by atoms with Crippen molar-refractivity contribution < 1.29 is 19.5 Å². The lowest BCUT2D eigenvalue weighted by atomic mass is 9.87. The summed E-state index contributed by atoms with van der Waals surface area (Å²) in [6.07, 6.45) is 7.48. The molecule has 3 aromatic rings. The first kappa shape index (κ1) is 32.1. The molecule has 0 bridgehead atoms. The molecule has 3 fully saturated rings. The monoisotopic (exact) mass is 652 g/mol. The van der Waals surface area contributed by atoms with Gasteiger partial charge in [-0.05, 0) is 73.4 Å². The summed E-state index contributed by atoms with van der Waals surface area (Å²) < 4.78 is 0. The Morgan fingerprint density at radius 1 is 0.958 bits per heavy atom. The fourth-order valence-corrected chi connectivity index (χ4v) is 7.28. The first-order valence-electron chi connectivity index (χ1n) is 17.2. The zero-order valence-corrected chi connectivity index (χ0v) is 27.7. The molecule has 0 saturated carbocycles. The fraction of sp³-hybridized carbons (Fsp3) is 0.500. The predicted molar refractivity (Wildman–Crippen MR) is 180 cm³/mol. The number of amides is 3. The SMILES string of the molecule is CC(C)c1cnc(NC2CCN(c3ccc(CN4CCC(O)(c5ccc6c(n5)CN(C5CCC(=O)NC5=O)C6=O)CC4)cc3)CC2)nc1. The molecule has 12 nitrogen and oxygen atoms in total. The lowest BCUT2D eigenvalue weighted by Crippen LogP contribution is -2.52. The second kappa shape index (κ2) is 13.2. The van der Waals surface area contributed by atoms with Gasteiger partial charge in [0.25, 0.3) is 5.91 Å². The number of pyridine rings is 1. The van der Waals surface area contributed by atoms with Gasteiger partial charge in [-0.2, -0.15) is 0 Å². The van der Waals surface area contributed by atoms with Crippen molar-refractivity contribution in [1.29, 1.82) is 0 Å². The smallest absolute Gasteiger partial charge is 0.256 e. The summed E-state index contributed by atoms with van der Waals surface area (Å²) in [7, 11) is 0. The van der Waals surface area contributed by atoms with Gasteiger partial charge in [0.2, 0.25) is 17.8 Å². The molecule has 1 aromatic carbocycles. The van der Waals surface area contributed by atoms with Crippen molar-refractivity contribution in [2.24, 2.45) is 0 Å². The number of anilines is 2. The molecule has 1 atom stereocenters. The Morgan fingerprint density at radius 2 is 1.67 bits per heavy atom. The Labute approximate surface area is 281 Å². The standard InChI is InChI=1S/C36H44N8O4/c1-23(2)25-19-37-35(38-20-25)39-26-11-15-43(16-12-26)27-5-3-24(4-6-27)21-42-17-13-36(48,14-18-42)31-9-7-28-29(40-31)22-44(34(28)47)30-8-10-32(45)41-33(30)46/h3-7,9,19-20,23,26,30,48H,8,10-18,21-22H2,1-2H3,(H,37,38,39)(H,41,45,46). The molecule has 0 spiro atoms. The second-order valence-corrected chi connectivity index (χ2v) is 14.0. The van der Waals surface area contributed by atoms with Crippen LogP contribution in [0.15, 0.2) is 48.8 Å². The number of fused-ring (bicyclic) bond motifs is 1. The molecule has 48 heavy (non-hydrogen) atoms. The van der Waals surface area contributed by atoms with Gasteiger partial charge in [0.05, 0.1) is 23.5 Å². The third-order valence-corrected chi connectivity index (χ3v) is 10.4. The van der Waals surface area contributed by atoms with E-state index in [4.69, 9.17) is 4.98 Å². The van der Waals surface area contributed by atoms with Gasteiger partial charge >= 0.3 is 0 Å². The summed E-state index contributed by atoms with van der Waals surface area (Å²) >= 11 is 0. The van der Waals surface area contributed by atoms with E-state index in [2.05, 4.69) is 68.5 Å². The number of nitrogens with one attached hydrogen (secondary N) is 2. The highest BCUT2D eigenvalue weighted by atomic mass is 16.3. The summed E-state index contributed by atoms with van der Waals surface area (Å²) in [6.45, 7) is 8.70. The largest absolute Gasteiger partial charge is 0.383 e. The molecule has 252 valence electrons. The second-order valence-electron chi connectivity index (χ2n) is 14.0. The molecule has 0 radical (unpaired) electrons. The maximum atomic E-state index is 13.1. The van der Waals surface area contributed by atoms with Crippen molar-refractivity contribution >= 4 is 29.4 Å².